The number of rotatable bonds is 3. The van der Waals surface area contributed by atoms with Crippen molar-refractivity contribution in [2.24, 2.45) is 0 Å². The van der Waals surface area contributed by atoms with Crippen LogP contribution >= 0.6 is 0 Å². The molecule has 1 saturated carbocycles. The van der Waals surface area contributed by atoms with Gasteiger partial charge in [-0.15, -0.1) is 5.10 Å². The monoisotopic (exact) mass is 181 g/mol. The smallest absolute Gasteiger partial charge is 0.244 e. The van der Waals surface area contributed by atoms with Gasteiger partial charge >= 0.3 is 0 Å². The molecule has 0 unspecified atom stereocenters. The minimum atomic E-state index is 0.266. The van der Waals surface area contributed by atoms with E-state index in [4.69, 9.17) is 5.73 Å². The van der Waals surface area contributed by atoms with Gasteiger partial charge < -0.3 is 11.1 Å². The average Bonchev–Trinajstić information content (AvgIpc) is 2.75. The zero-order valence-corrected chi connectivity index (χ0v) is 7.99. The van der Waals surface area contributed by atoms with E-state index in [9.17, 15) is 0 Å². The lowest BCUT2D eigenvalue weighted by atomic mass is 10.4. The van der Waals surface area contributed by atoms with Gasteiger partial charge in [-0.2, -0.15) is 4.98 Å². The van der Waals surface area contributed by atoms with Gasteiger partial charge in [-0.05, 0) is 26.7 Å². The van der Waals surface area contributed by atoms with Crippen LogP contribution < -0.4 is 11.1 Å². The van der Waals surface area contributed by atoms with Gasteiger partial charge in [-0.1, -0.05) is 0 Å². The molecule has 0 radical (unpaired) electrons. The Morgan fingerprint density at radius 2 is 2.23 bits per heavy atom. The van der Waals surface area contributed by atoms with E-state index in [2.05, 4.69) is 15.4 Å². The summed E-state index contributed by atoms with van der Waals surface area (Å²) in [5, 5.41) is 7.47. The van der Waals surface area contributed by atoms with Gasteiger partial charge in [0.1, 0.15) is 0 Å². The van der Waals surface area contributed by atoms with E-state index < -0.39 is 0 Å². The first-order chi connectivity index (χ1) is 6.16. The molecular formula is C8H15N5. The molecule has 0 aromatic carbocycles. The van der Waals surface area contributed by atoms with Crippen LogP contribution in [0.4, 0.5) is 11.9 Å². The topological polar surface area (TPSA) is 68.8 Å². The van der Waals surface area contributed by atoms with Crippen molar-refractivity contribution in [2.45, 2.75) is 38.8 Å². The number of nitrogens with two attached hydrogens (primary N) is 1. The third kappa shape index (κ3) is 1.74. The fourth-order valence-electron chi connectivity index (χ4n) is 1.19. The van der Waals surface area contributed by atoms with Crippen molar-refractivity contribution >= 4 is 11.9 Å². The summed E-state index contributed by atoms with van der Waals surface area (Å²) in [7, 11) is 0. The first-order valence-electron chi connectivity index (χ1n) is 4.65. The number of hydrogen-bond acceptors (Lipinski definition) is 4. The maximum atomic E-state index is 5.69. The van der Waals surface area contributed by atoms with E-state index in [1.807, 2.05) is 13.8 Å². The number of nitrogen functional groups attached to an aromatic ring is 1. The Morgan fingerprint density at radius 1 is 1.54 bits per heavy atom. The van der Waals surface area contributed by atoms with Gasteiger partial charge in [0.2, 0.25) is 11.9 Å². The Kier molecular flexibility index (Phi) is 1.86. The molecule has 1 aliphatic rings. The van der Waals surface area contributed by atoms with Crippen LogP contribution in [0, 0.1) is 0 Å². The molecule has 0 saturated heterocycles. The Hall–Kier alpha value is -1.26. The quantitative estimate of drug-likeness (QED) is 0.730. The molecule has 0 spiro atoms. The molecule has 5 heteroatoms. The van der Waals surface area contributed by atoms with Gasteiger partial charge in [0, 0.05) is 6.04 Å². The Labute approximate surface area is 77.3 Å². The summed E-state index contributed by atoms with van der Waals surface area (Å²) < 4.78 is 1.73. The van der Waals surface area contributed by atoms with Gasteiger partial charge in [0.25, 0.3) is 0 Å². The molecular weight excluding hydrogens is 166 g/mol. The van der Waals surface area contributed by atoms with E-state index in [0.717, 1.165) is 0 Å². The number of hydrogen-bond donors (Lipinski definition) is 2. The highest BCUT2D eigenvalue weighted by Crippen LogP contribution is 2.23. The summed E-state index contributed by atoms with van der Waals surface area (Å²) in [6.45, 7) is 4.07. The van der Waals surface area contributed by atoms with E-state index in [-0.39, 0.29) is 6.04 Å². The summed E-state index contributed by atoms with van der Waals surface area (Å²) in [5.41, 5.74) is 5.69. The molecule has 13 heavy (non-hydrogen) atoms. The molecule has 5 nitrogen and oxygen atoms in total. The Balaban J connectivity index is 2.13. The van der Waals surface area contributed by atoms with Crippen molar-refractivity contribution in [1.29, 1.82) is 0 Å². The average molecular weight is 181 g/mol. The van der Waals surface area contributed by atoms with Crippen molar-refractivity contribution in [1.82, 2.24) is 14.8 Å². The van der Waals surface area contributed by atoms with E-state index in [1.54, 1.807) is 4.68 Å². The second-order valence-electron chi connectivity index (χ2n) is 3.75. The number of nitrogens with one attached hydrogen (secondary N) is 1. The predicted octanol–water partition coefficient (Wildman–Crippen LogP) is 1.02. The zero-order valence-electron chi connectivity index (χ0n) is 7.99. The maximum Gasteiger partial charge on any atom is 0.244 e. The highest BCUT2D eigenvalue weighted by molar-refractivity contribution is 5.34. The van der Waals surface area contributed by atoms with Crippen molar-refractivity contribution in [3.05, 3.63) is 0 Å². The summed E-state index contributed by atoms with van der Waals surface area (Å²) >= 11 is 0. The van der Waals surface area contributed by atoms with Crippen molar-refractivity contribution in [3.8, 4) is 0 Å². The van der Waals surface area contributed by atoms with Crippen LogP contribution in [0.1, 0.15) is 32.7 Å². The van der Waals surface area contributed by atoms with Crippen LogP contribution in [0.2, 0.25) is 0 Å². The normalized spacial score (nSPS) is 16.5. The van der Waals surface area contributed by atoms with Crippen LogP contribution in [0.5, 0.6) is 0 Å². The van der Waals surface area contributed by atoms with Gasteiger partial charge in [0.15, 0.2) is 0 Å². The molecule has 2 rings (SSSR count). The van der Waals surface area contributed by atoms with Gasteiger partial charge in [-0.25, -0.2) is 4.68 Å². The zero-order chi connectivity index (χ0) is 9.42. The fourth-order valence-corrected chi connectivity index (χ4v) is 1.19. The number of nitrogens with zero attached hydrogens (tertiary/aromatic N) is 3. The largest absolute Gasteiger partial charge is 0.368 e. The molecule has 1 heterocycles. The summed E-state index contributed by atoms with van der Waals surface area (Å²) in [4.78, 5) is 4.13. The SMILES string of the molecule is CC(C)n1nc(NC2CC2)nc1N. The standard InChI is InChI=1S/C8H15N5/c1-5(2)13-7(9)11-8(12-13)10-6-3-4-6/h5-6H,3-4H2,1-2H3,(H3,9,10,11,12). The Morgan fingerprint density at radius 3 is 2.69 bits per heavy atom. The van der Waals surface area contributed by atoms with Crippen LogP contribution in [0.3, 0.4) is 0 Å². The van der Waals surface area contributed by atoms with Crippen LogP contribution in [0.25, 0.3) is 0 Å². The molecule has 0 aliphatic heterocycles. The number of anilines is 2. The molecule has 0 atom stereocenters. The molecule has 3 N–H and O–H groups in total. The second-order valence-corrected chi connectivity index (χ2v) is 3.75. The van der Waals surface area contributed by atoms with E-state index >= 15 is 0 Å². The van der Waals surface area contributed by atoms with Crippen molar-refractivity contribution in [2.75, 3.05) is 11.1 Å². The summed E-state index contributed by atoms with van der Waals surface area (Å²) in [5.74, 6) is 1.15. The third-order valence-corrected chi connectivity index (χ3v) is 2.06. The summed E-state index contributed by atoms with van der Waals surface area (Å²) in [6.07, 6.45) is 2.44. The molecule has 1 fully saturated rings. The van der Waals surface area contributed by atoms with Crippen LogP contribution in [-0.2, 0) is 0 Å². The third-order valence-electron chi connectivity index (χ3n) is 2.06. The maximum absolute atomic E-state index is 5.69. The molecule has 1 aliphatic carbocycles. The fraction of sp³-hybridized carbons (Fsp3) is 0.750. The first kappa shape index (κ1) is 8.34. The van der Waals surface area contributed by atoms with Crippen molar-refractivity contribution in [3.63, 3.8) is 0 Å². The van der Waals surface area contributed by atoms with Crippen molar-refractivity contribution < 1.29 is 0 Å². The minimum absolute atomic E-state index is 0.266. The molecule has 1 aromatic heterocycles. The lowest BCUT2D eigenvalue weighted by Gasteiger charge is -2.04. The van der Waals surface area contributed by atoms with Crippen LogP contribution in [-0.4, -0.2) is 20.8 Å². The highest BCUT2D eigenvalue weighted by atomic mass is 15.4. The van der Waals surface area contributed by atoms with E-state index in [0.29, 0.717) is 17.9 Å². The number of aromatic nitrogens is 3. The minimum Gasteiger partial charge on any atom is -0.368 e. The molecule has 0 bridgehead atoms. The summed E-state index contributed by atoms with van der Waals surface area (Å²) in [6, 6.07) is 0.838. The Bertz CT molecular complexity index is 299. The molecule has 0 amide bonds. The molecule has 72 valence electrons. The van der Waals surface area contributed by atoms with Gasteiger partial charge in [-0.3, -0.25) is 0 Å². The predicted molar refractivity (Wildman–Crippen MR) is 51.5 cm³/mol. The van der Waals surface area contributed by atoms with Crippen LogP contribution in [0.15, 0.2) is 0 Å². The lowest BCUT2D eigenvalue weighted by molar-refractivity contribution is 0.541. The lowest BCUT2D eigenvalue weighted by Crippen LogP contribution is -2.07. The first-order valence-corrected chi connectivity index (χ1v) is 4.65. The second kappa shape index (κ2) is 2.90. The highest BCUT2D eigenvalue weighted by Gasteiger charge is 2.23. The van der Waals surface area contributed by atoms with E-state index in [1.165, 1.54) is 12.8 Å². The molecule has 1 aromatic rings. The van der Waals surface area contributed by atoms with Gasteiger partial charge in [0.05, 0.1) is 6.04 Å².